The minimum absolute atomic E-state index is 0.0650. The molecule has 0 saturated carbocycles. The maximum Gasteiger partial charge on any atom is 0.416 e. The van der Waals surface area contributed by atoms with Gasteiger partial charge >= 0.3 is 12.0 Å². The fourth-order valence-electron chi connectivity index (χ4n) is 1.84. The lowest BCUT2D eigenvalue weighted by Gasteiger charge is -2.07. The summed E-state index contributed by atoms with van der Waals surface area (Å²) in [5, 5.41) is 11.0. The highest BCUT2D eigenvalue weighted by Crippen LogP contribution is 2.34. The van der Waals surface area contributed by atoms with E-state index >= 15 is 0 Å². The van der Waals surface area contributed by atoms with Crippen LogP contribution >= 0.6 is 0 Å². The average Bonchev–Trinajstić information content (AvgIpc) is 2.65. The Morgan fingerprint density at radius 2 is 2.00 bits per heavy atom. The Kier molecular flexibility index (Phi) is 3.24. The van der Waals surface area contributed by atoms with Crippen LogP contribution in [0, 0.1) is 17.0 Å². The Morgan fingerprint density at radius 1 is 1.35 bits per heavy atom. The van der Waals surface area contributed by atoms with Gasteiger partial charge in [-0.15, -0.1) is 0 Å². The topological polar surface area (TPSA) is 61.0 Å². The Morgan fingerprint density at radius 3 is 2.55 bits per heavy atom. The molecule has 0 amide bonds. The molecule has 0 bridgehead atoms. The fourth-order valence-corrected chi connectivity index (χ4v) is 1.84. The van der Waals surface area contributed by atoms with Gasteiger partial charge in [-0.25, -0.2) is 9.55 Å². The summed E-state index contributed by atoms with van der Waals surface area (Å²) in [5.74, 6) is 0.0194. The third-order valence-corrected chi connectivity index (χ3v) is 2.92. The molecule has 0 N–H and O–H groups in total. The van der Waals surface area contributed by atoms with E-state index in [9.17, 15) is 23.3 Å². The summed E-state index contributed by atoms with van der Waals surface area (Å²) in [6.45, 7) is 1.55. The number of benzene rings is 1. The van der Waals surface area contributed by atoms with E-state index in [0.29, 0.717) is 5.82 Å². The van der Waals surface area contributed by atoms with Crippen molar-refractivity contribution >= 4 is 5.82 Å². The van der Waals surface area contributed by atoms with Crippen molar-refractivity contribution in [2.24, 2.45) is 7.05 Å². The van der Waals surface area contributed by atoms with Gasteiger partial charge in [0.15, 0.2) is 11.5 Å². The molecule has 8 heteroatoms. The first-order valence-corrected chi connectivity index (χ1v) is 5.57. The second-order valence-corrected chi connectivity index (χ2v) is 4.23. The predicted molar refractivity (Wildman–Crippen MR) is 65.0 cm³/mol. The first-order chi connectivity index (χ1) is 9.21. The van der Waals surface area contributed by atoms with E-state index < -0.39 is 16.7 Å². The highest BCUT2D eigenvalue weighted by atomic mass is 19.4. The van der Waals surface area contributed by atoms with Gasteiger partial charge in [-0.05, 0) is 17.1 Å². The molecule has 0 spiro atoms. The first-order valence-electron chi connectivity index (χ1n) is 5.57. The number of aromatic nitrogens is 2. The normalized spacial score (nSPS) is 11.7. The molecule has 0 aliphatic carbocycles. The van der Waals surface area contributed by atoms with Crippen molar-refractivity contribution in [3.8, 4) is 11.3 Å². The highest BCUT2D eigenvalue weighted by molar-refractivity contribution is 5.69. The molecule has 0 aliphatic rings. The van der Waals surface area contributed by atoms with Crippen LogP contribution < -0.4 is 0 Å². The molecular formula is C12H10F3N3O2. The molecule has 0 fully saturated rings. The molecule has 20 heavy (non-hydrogen) atoms. The summed E-state index contributed by atoms with van der Waals surface area (Å²) in [5.41, 5.74) is -0.871. The summed E-state index contributed by atoms with van der Waals surface area (Å²) in [4.78, 5) is 14.4. The second-order valence-electron chi connectivity index (χ2n) is 4.23. The Labute approximate surface area is 111 Å². The molecule has 0 aliphatic heterocycles. The Hall–Kier alpha value is -2.38. The van der Waals surface area contributed by atoms with E-state index in [2.05, 4.69) is 4.98 Å². The standard InChI is InChI=1S/C12H10F3N3O2/c1-7-16-10(11(17(7)2)18(19)20)8-4-3-5-9(6-8)12(13,14)15/h3-6H,1-2H3. The molecule has 2 rings (SSSR count). The van der Waals surface area contributed by atoms with Crippen molar-refractivity contribution < 1.29 is 18.1 Å². The fraction of sp³-hybridized carbons (Fsp3) is 0.250. The van der Waals surface area contributed by atoms with Crippen LogP contribution in [-0.4, -0.2) is 14.5 Å². The highest BCUT2D eigenvalue weighted by Gasteiger charge is 2.32. The van der Waals surface area contributed by atoms with Crippen LogP contribution in [-0.2, 0) is 13.2 Å². The number of nitro groups is 1. The van der Waals surface area contributed by atoms with Gasteiger partial charge in [0.2, 0.25) is 0 Å². The molecule has 0 saturated heterocycles. The molecule has 1 heterocycles. The number of rotatable bonds is 2. The molecule has 0 unspecified atom stereocenters. The van der Waals surface area contributed by atoms with Gasteiger partial charge in [0, 0.05) is 12.5 Å². The maximum absolute atomic E-state index is 12.7. The molecule has 2 aromatic rings. The summed E-state index contributed by atoms with van der Waals surface area (Å²) in [7, 11) is 1.44. The zero-order chi connectivity index (χ0) is 15.1. The quantitative estimate of drug-likeness (QED) is 0.628. The molecule has 0 radical (unpaired) electrons. The SMILES string of the molecule is Cc1nc(-c2cccc(C(F)(F)F)c2)c([N+](=O)[O-])n1C. The van der Waals surface area contributed by atoms with E-state index in [-0.39, 0.29) is 17.1 Å². The zero-order valence-corrected chi connectivity index (χ0v) is 10.6. The summed E-state index contributed by atoms with van der Waals surface area (Å²) < 4.78 is 39.2. The van der Waals surface area contributed by atoms with Gasteiger partial charge in [0.1, 0.15) is 0 Å². The number of alkyl halides is 3. The van der Waals surface area contributed by atoms with Gasteiger partial charge in [-0.2, -0.15) is 13.2 Å². The first kappa shape index (κ1) is 14.0. The van der Waals surface area contributed by atoms with Crippen LogP contribution in [0.3, 0.4) is 0 Å². The van der Waals surface area contributed by atoms with Crippen molar-refractivity contribution in [3.05, 3.63) is 45.8 Å². The number of aryl methyl sites for hydroxylation is 1. The number of imidazole rings is 1. The van der Waals surface area contributed by atoms with E-state index in [0.717, 1.165) is 12.1 Å². The molecule has 5 nitrogen and oxygen atoms in total. The zero-order valence-electron chi connectivity index (χ0n) is 10.6. The average molecular weight is 285 g/mol. The number of hydrogen-bond donors (Lipinski definition) is 0. The van der Waals surface area contributed by atoms with Crippen LogP contribution in [0.5, 0.6) is 0 Å². The number of nitrogens with zero attached hydrogens (tertiary/aromatic N) is 3. The minimum Gasteiger partial charge on any atom is -0.358 e. The molecule has 1 aromatic carbocycles. The van der Waals surface area contributed by atoms with Crippen molar-refractivity contribution in [1.29, 1.82) is 0 Å². The number of halogens is 3. The van der Waals surface area contributed by atoms with Crippen LogP contribution in [0.15, 0.2) is 24.3 Å². The molecule has 106 valence electrons. The van der Waals surface area contributed by atoms with Gasteiger partial charge in [-0.1, -0.05) is 12.1 Å². The lowest BCUT2D eigenvalue weighted by Crippen LogP contribution is -2.05. The third-order valence-electron chi connectivity index (χ3n) is 2.92. The van der Waals surface area contributed by atoms with Gasteiger partial charge in [0.25, 0.3) is 0 Å². The van der Waals surface area contributed by atoms with Crippen molar-refractivity contribution in [2.45, 2.75) is 13.1 Å². The van der Waals surface area contributed by atoms with E-state index in [4.69, 9.17) is 0 Å². The van der Waals surface area contributed by atoms with Crippen molar-refractivity contribution in [2.75, 3.05) is 0 Å². The minimum atomic E-state index is -4.51. The largest absolute Gasteiger partial charge is 0.416 e. The van der Waals surface area contributed by atoms with E-state index in [1.807, 2.05) is 0 Å². The Balaban J connectivity index is 2.64. The van der Waals surface area contributed by atoms with Crippen molar-refractivity contribution in [1.82, 2.24) is 9.55 Å². The second kappa shape index (κ2) is 4.62. The Bertz CT molecular complexity index is 677. The monoisotopic (exact) mass is 285 g/mol. The smallest absolute Gasteiger partial charge is 0.358 e. The maximum atomic E-state index is 12.7. The van der Waals surface area contributed by atoms with E-state index in [1.165, 1.54) is 23.7 Å². The lowest BCUT2D eigenvalue weighted by atomic mass is 10.1. The summed E-state index contributed by atoms with van der Waals surface area (Å²) in [6, 6.07) is 4.33. The van der Waals surface area contributed by atoms with Crippen molar-refractivity contribution in [3.63, 3.8) is 0 Å². The predicted octanol–water partition coefficient (Wildman–Crippen LogP) is 3.32. The lowest BCUT2D eigenvalue weighted by molar-refractivity contribution is -0.391. The van der Waals surface area contributed by atoms with Gasteiger partial charge < -0.3 is 10.1 Å². The molecule has 0 atom stereocenters. The van der Waals surface area contributed by atoms with Crippen LogP contribution in [0.25, 0.3) is 11.3 Å². The third kappa shape index (κ3) is 2.36. The van der Waals surface area contributed by atoms with E-state index in [1.54, 1.807) is 6.92 Å². The number of hydrogen-bond acceptors (Lipinski definition) is 3. The van der Waals surface area contributed by atoms with Crippen LogP contribution in [0.4, 0.5) is 19.0 Å². The molecule has 1 aromatic heterocycles. The summed E-state index contributed by atoms with van der Waals surface area (Å²) in [6.07, 6.45) is -4.51. The summed E-state index contributed by atoms with van der Waals surface area (Å²) >= 11 is 0. The van der Waals surface area contributed by atoms with Gasteiger partial charge in [0.05, 0.1) is 12.6 Å². The molecular weight excluding hydrogens is 275 g/mol. The van der Waals surface area contributed by atoms with Gasteiger partial charge in [-0.3, -0.25) is 0 Å². The van der Waals surface area contributed by atoms with Crippen LogP contribution in [0.1, 0.15) is 11.4 Å². The van der Waals surface area contributed by atoms with Crippen LogP contribution in [0.2, 0.25) is 0 Å².